The molecule has 0 radical (unpaired) electrons. The van der Waals surface area contributed by atoms with E-state index in [1.165, 1.54) is 0 Å². The van der Waals surface area contributed by atoms with Crippen LogP contribution in [0.4, 0.5) is 0 Å². The van der Waals surface area contributed by atoms with E-state index >= 15 is 0 Å². The Morgan fingerprint density at radius 3 is 2.61 bits per heavy atom. The summed E-state index contributed by atoms with van der Waals surface area (Å²) >= 11 is 0. The number of carbonyl (C=O) groups is 1. The minimum absolute atomic E-state index is 0.0613. The number of nitrogens with one attached hydrogen (secondary N) is 3. The van der Waals surface area contributed by atoms with Gasteiger partial charge in [-0.1, -0.05) is 12.1 Å². The van der Waals surface area contributed by atoms with Crippen LogP contribution in [0.3, 0.4) is 0 Å². The summed E-state index contributed by atoms with van der Waals surface area (Å²) in [5.41, 5.74) is 1.67. The van der Waals surface area contributed by atoms with E-state index in [9.17, 15) is 4.79 Å². The van der Waals surface area contributed by atoms with Crippen molar-refractivity contribution >= 4 is 11.9 Å². The van der Waals surface area contributed by atoms with Gasteiger partial charge < -0.3 is 20.7 Å². The Hall–Kier alpha value is -2.12. The van der Waals surface area contributed by atoms with Gasteiger partial charge in [0, 0.05) is 50.4 Å². The quantitative estimate of drug-likeness (QED) is 0.371. The zero-order valence-electron chi connectivity index (χ0n) is 19.9. The molecule has 7 nitrogen and oxygen atoms in total. The van der Waals surface area contributed by atoms with Crippen molar-refractivity contribution in [1.82, 2.24) is 20.9 Å². The van der Waals surface area contributed by atoms with Crippen molar-refractivity contribution in [3.63, 3.8) is 0 Å². The van der Waals surface area contributed by atoms with Gasteiger partial charge in [0.2, 0.25) is 0 Å². The van der Waals surface area contributed by atoms with Gasteiger partial charge >= 0.3 is 0 Å². The van der Waals surface area contributed by atoms with Gasteiger partial charge in [0.25, 0.3) is 5.91 Å². The second kappa shape index (κ2) is 13.3. The number of ether oxygens (including phenoxy) is 1. The summed E-state index contributed by atoms with van der Waals surface area (Å²) in [7, 11) is 0. The molecular formula is C24H41N5O2. The average molecular weight is 432 g/mol. The maximum Gasteiger partial charge on any atom is 0.251 e. The lowest BCUT2D eigenvalue weighted by molar-refractivity contribution is 0.0857. The molecule has 1 atom stereocenters. The van der Waals surface area contributed by atoms with Gasteiger partial charge in [-0.3, -0.25) is 9.69 Å². The summed E-state index contributed by atoms with van der Waals surface area (Å²) in [6.07, 6.45) is 2.23. The molecule has 7 heteroatoms. The molecule has 1 saturated heterocycles. The summed E-state index contributed by atoms with van der Waals surface area (Å²) in [5, 5.41) is 9.71. The van der Waals surface area contributed by atoms with E-state index in [0.717, 1.165) is 50.6 Å². The van der Waals surface area contributed by atoms with E-state index in [-0.39, 0.29) is 12.0 Å². The van der Waals surface area contributed by atoms with Crippen molar-refractivity contribution in [2.24, 2.45) is 4.99 Å². The van der Waals surface area contributed by atoms with Crippen LogP contribution in [0.2, 0.25) is 0 Å². The van der Waals surface area contributed by atoms with Gasteiger partial charge in [0.05, 0.1) is 12.6 Å². The first kappa shape index (κ1) is 25.1. The molecular weight excluding hydrogens is 390 g/mol. The number of guanidine groups is 1. The van der Waals surface area contributed by atoms with E-state index in [2.05, 4.69) is 55.5 Å². The number of amides is 1. The Balaban J connectivity index is 1.89. The van der Waals surface area contributed by atoms with E-state index in [1.54, 1.807) is 0 Å². The van der Waals surface area contributed by atoms with Crippen molar-refractivity contribution in [1.29, 1.82) is 0 Å². The SMILES string of the molecule is CCNC(=NCc1cccc(C(=O)NCC2CCCO2)c1)NCCN(C(C)C)C(C)C. The summed E-state index contributed by atoms with van der Waals surface area (Å²) in [6.45, 7) is 15.4. The van der Waals surface area contributed by atoms with Crippen molar-refractivity contribution in [3.05, 3.63) is 35.4 Å². The van der Waals surface area contributed by atoms with Gasteiger partial charge in [-0.05, 0) is 65.2 Å². The summed E-state index contributed by atoms with van der Waals surface area (Å²) in [6, 6.07) is 8.69. The molecule has 1 aliphatic rings. The molecule has 31 heavy (non-hydrogen) atoms. The second-order valence-corrected chi connectivity index (χ2v) is 8.59. The predicted molar refractivity (Wildman–Crippen MR) is 128 cm³/mol. The normalized spacial score (nSPS) is 16.9. The van der Waals surface area contributed by atoms with E-state index in [4.69, 9.17) is 9.73 Å². The van der Waals surface area contributed by atoms with Crippen LogP contribution in [-0.2, 0) is 11.3 Å². The van der Waals surface area contributed by atoms with Crippen molar-refractivity contribution in [3.8, 4) is 0 Å². The number of nitrogens with zero attached hydrogens (tertiary/aromatic N) is 2. The van der Waals surface area contributed by atoms with Crippen molar-refractivity contribution < 1.29 is 9.53 Å². The number of carbonyl (C=O) groups excluding carboxylic acids is 1. The average Bonchev–Trinajstić information content (AvgIpc) is 3.26. The molecule has 1 unspecified atom stereocenters. The summed E-state index contributed by atoms with van der Waals surface area (Å²) in [5.74, 6) is 0.733. The third-order valence-corrected chi connectivity index (χ3v) is 5.46. The van der Waals surface area contributed by atoms with Gasteiger partial charge in [0.1, 0.15) is 0 Å². The predicted octanol–water partition coefficient (Wildman–Crippen LogP) is 2.77. The topological polar surface area (TPSA) is 78.0 Å². The molecule has 2 rings (SSSR count). The lowest BCUT2D eigenvalue weighted by Crippen LogP contribution is -2.45. The lowest BCUT2D eigenvalue weighted by atomic mass is 10.1. The molecule has 0 spiro atoms. The largest absolute Gasteiger partial charge is 0.376 e. The first-order valence-corrected chi connectivity index (χ1v) is 11.7. The molecule has 1 amide bonds. The molecule has 1 aromatic carbocycles. The van der Waals surface area contributed by atoms with Crippen LogP contribution in [0.5, 0.6) is 0 Å². The molecule has 174 valence electrons. The van der Waals surface area contributed by atoms with Crippen LogP contribution in [0.25, 0.3) is 0 Å². The highest BCUT2D eigenvalue weighted by Crippen LogP contribution is 2.11. The fourth-order valence-electron chi connectivity index (χ4n) is 3.85. The third kappa shape index (κ3) is 8.87. The number of hydrogen-bond acceptors (Lipinski definition) is 4. The fourth-order valence-corrected chi connectivity index (χ4v) is 3.85. The summed E-state index contributed by atoms with van der Waals surface area (Å²) < 4.78 is 5.57. The smallest absolute Gasteiger partial charge is 0.251 e. The molecule has 0 bridgehead atoms. The first-order chi connectivity index (χ1) is 14.9. The molecule has 1 aromatic rings. The Morgan fingerprint density at radius 1 is 1.19 bits per heavy atom. The second-order valence-electron chi connectivity index (χ2n) is 8.59. The van der Waals surface area contributed by atoms with Crippen LogP contribution >= 0.6 is 0 Å². The fraction of sp³-hybridized carbons (Fsp3) is 0.667. The maximum atomic E-state index is 12.5. The Labute approximate surface area is 188 Å². The first-order valence-electron chi connectivity index (χ1n) is 11.7. The summed E-state index contributed by atoms with van der Waals surface area (Å²) in [4.78, 5) is 19.6. The van der Waals surface area contributed by atoms with Crippen molar-refractivity contribution in [2.45, 2.75) is 72.2 Å². The molecule has 1 fully saturated rings. The van der Waals surface area contributed by atoms with Crippen LogP contribution in [0.1, 0.15) is 63.4 Å². The van der Waals surface area contributed by atoms with Crippen LogP contribution < -0.4 is 16.0 Å². The van der Waals surface area contributed by atoms with Crippen molar-refractivity contribution in [2.75, 3.05) is 32.8 Å². The minimum Gasteiger partial charge on any atom is -0.376 e. The van der Waals surface area contributed by atoms with E-state index < -0.39 is 0 Å². The van der Waals surface area contributed by atoms with Gasteiger partial charge in [-0.25, -0.2) is 4.99 Å². The molecule has 1 aliphatic heterocycles. The van der Waals surface area contributed by atoms with Gasteiger partial charge in [0.15, 0.2) is 5.96 Å². The molecule has 0 saturated carbocycles. The number of benzene rings is 1. The Morgan fingerprint density at radius 2 is 1.97 bits per heavy atom. The monoisotopic (exact) mass is 431 g/mol. The highest BCUT2D eigenvalue weighted by Gasteiger charge is 2.17. The van der Waals surface area contributed by atoms with Gasteiger partial charge in [-0.2, -0.15) is 0 Å². The maximum absolute atomic E-state index is 12.5. The molecule has 1 heterocycles. The van der Waals surface area contributed by atoms with E-state index in [1.807, 2.05) is 24.3 Å². The van der Waals surface area contributed by atoms with E-state index in [0.29, 0.717) is 30.7 Å². The van der Waals surface area contributed by atoms with Crippen LogP contribution in [0.15, 0.2) is 29.3 Å². The Kier molecular flexibility index (Phi) is 10.8. The molecule has 0 aromatic heterocycles. The lowest BCUT2D eigenvalue weighted by Gasteiger charge is -2.30. The standard InChI is InChI=1S/C24H41N5O2/c1-6-25-24(26-12-13-29(18(2)3)19(4)5)28-16-20-9-7-10-21(15-20)23(30)27-17-22-11-8-14-31-22/h7,9-10,15,18-19,22H,6,8,11-14,16-17H2,1-5H3,(H,27,30)(H2,25,26,28). The molecule has 0 aliphatic carbocycles. The highest BCUT2D eigenvalue weighted by atomic mass is 16.5. The third-order valence-electron chi connectivity index (χ3n) is 5.46. The molecule has 3 N–H and O–H groups in total. The highest BCUT2D eigenvalue weighted by molar-refractivity contribution is 5.94. The number of hydrogen-bond donors (Lipinski definition) is 3. The van der Waals surface area contributed by atoms with Crippen LogP contribution in [0, 0.1) is 0 Å². The van der Waals surface area contributed by atoms with Crippen LogP contribution in [-0.4, -0.2) is 67.7 Å². The number of aliphatic imine (C=N–C) groups is 1. The Bertz CT molecular complexity index is 691. The van der Waals surface area contributed by atoms with Gasteiger partial charge in [-0.15, -0.1) is 0 Å². The minimum atomic E-state index is -0.0613. The number of rotatable bonds is 11. The zero-order chi connectivity index (χ0) is 22.6. The zero-order valence-corrected chi connectivity index (χ0v) is 19.9.